The third-order valence-electron chi connectivity index (χ3n) is 3.31. The lowest BCUT2D eigenvalue weighted by Gasteiger charge is -2.07. The van der Waals surface area contributed by atoms with Crippen LogP contribution >= 0.6 is 23.7 Å². The Balaban J connectivity index is 0.00000169. The Morgan fingerprint density at radius 3 is 2.58 bits per heavy atom. The van der Waals surface area contributed by atoms with Crippen molar-refractivity contribution < 1.29 is 13.9 Å². The van der Waals surface area contributed by atoms with Crippen molar-refractivity contribution in [3.63, 3.8) is 0 Å². The number of hydrogen-bond acceptors (Lipinski definition) is 5. The van der Waals surface area contributed by atoms with Crippen molar-refractivity contribution in [2.24, 2.45) is 5.73 Å². The molecule has 0 fully saturated rings. The van der Waals surface area contributed by atoms with Crippen LogP contribution in [-0.4, -0.2) is 28.8 Å². The van der Waals surface area contributed by atoms with E-state index in [0.29, 0.717) is 22.1 Å². The number of halogens is 1. The van der Waals surface area contributed by atoms with Gasteiger partial charge in [0, 0.05) is 22.8 Å². The van der Waals surface area contributed by atoms with Crippen LogP contribution in [0.5, 0.6) is 0 Å². The van der Waals surface area contributed by atoms with Gasteiger partial charge in [0.05, 0.1) is 10.6 Å². The summed E-state index contributed by atoms with van der Waals surface area (Å²) in [5.41, 5.74) is 7.16. The van der Waals surface area contributed by atoms with E-state index >= 15 is 0 Å². The molecular formula is C15H18ClN5O3S2. The highest BCUT2D eigenvalue weighted by molar-refractivity contribution is 7.90. The van der Waals surface area contributed by atoms with Gasteiger partial charge in [-0.15, -0.1) is 23.7 Å². The summed E-state index contributed by atoms with van der Waals surface area (Å²) in [6.45, 7) is 1.73. The van der Waals surface area contributed by atoms with Crippen molar-refractivity contribution >= 4 is 44.9 Å². The van der Waals surface area contributed by atoms with E-state index in [1.54, 1.807) is 54.9 Å². The predicted octanol–water partition coefficient (Wildman–Crippen LogP) is 2.06. The maximum atomic E-state index is 12.7. The summed E-state index contributed by atoms with van der Waals surface area (Å²) in [4.78, 5) is 4.54. The Labute approximate surface area is 161 Å². The summed E-state index contributed by atoms with van der Waals surface area (Å²) in [5.74, 6) is -0.198. The number of guanidine groups is 1. The quantitative estimate of drug-likeness (QED) is 0.441. The molecule has 0 aliphatic carbocycles. The second-order valence-corrected chi connectivity index (χ2v) is 7.73. The fourth-order valence-electron chi connectivity index (χ4n) is 2.24. The first-order valence-electron chi connectivity index (χ1n) is 6.94. The lowest BCUT2D eigenvalue weighted by Crippen LogP contribution is -2.20. The van der Waals surface area contributed by atoms with Gasteiger partial charge in [-0.3, -0.25) is 5.41 Å². The predicted molar refractivity (Wildman–Crippen MR) is 106 cm³/mol. The van der Waals surface area contributed by atoms with E-state index in [2.05, 4.69) is 10.3 Å². The van der Waals surface area contributed by atoms with Crippen molar-refractivity contribution in [2.45, 2.75) is 11.8 Å². The molecule has 8 nitrogen and oxygen atoms in total. The number of nitrogens with one attached hydrogen (secondary N) is 2. The highest BCUT2D eigenvalue weighted by Gasteiger charge is 2.20. The maximum Gasteiger partial charge on any atom is 0.267 e. The van der Waals surface area contributed by atoms with E-state index < -0.39 is 10.0 Å². The van der Waals surface area contributed by atoms with Gasteiger partial charge >= 0.3 is 0 Å². The van der Waals surface area contributed by atoms with Crippen LogP contribution < -0.4 is 11.1 Å². The number of nitrogens with zero attached hydrogens (tertiary/aromatic N) is 2. The number of benzene rings is 1. The standard InChI is InChI=1S/C15H15N5O2S2.ClH.H2O/c1-10-7-11(13-9-23-15(18-13)19-14(16)17)8-20(10)24(21,22)12-5-3-2-4-6-12;;/h2-9H,1H3,(H4,16,17,18,19);1H;1H2. The number of aryl methyl sites for hydroxylation is 1. The first-order chi connectivity index (χ1) is 11.4. The average molecular weight is 416 g/mol. The summed E-state index contributed by atoms with van der Waals surface area (Å²) >= 11 is 1.29. The Bertz CT molecular complexity index is 999. The molecule has 0 saturated carbocycles. The summed E-state index contributed by atoms with van der Waals surface area (Å²) in [5, 5.41) is 12.1. The minimum atomic E-state index is -3.65. The van der Waals surface area contributed by atoms with E-state index in [0.717, 1.165) is 0 Å². The van der Waals surface area contributed by atoms with Gasteiger partial charge in [-0.05, 0) is 25.1 Å². The molecule has 26 heavy (non-hydrogen) atoms. The highest BCUT2D eigenvalue weighted by atomic mass is 35.5. The van der Waals surface area contributed by atoms with Crippen LogP contribution in [0.1, 0.15) is 5.69 Å². The zero-order valence-electron chi connectivity index (χ0n) is 13.6. The molecule has 1 aromatic carbocycles. The molecule has 3 rings (SSSR count). The van der Waals surface area contributed by atoms with Gasteiger partial charge in [0.25, 0.3) is 10.0 Å². The lowest BCUT2D eigenvalue weighted by atomic mass is 10.2. The maximum absolute atomic E-state index is 12.7. The topological polar surface area (TPSA) is 145 Å². The molecule has 6 N–H and O–H groups in total. The first-order valence-corrected chi connectivity index (χ1v) is 9.26. The molecule has 140 valence electrons. The molecule has 0 atom stereocenters. The third kappa shape index (κ3) is 4.22. The summed E-state index contributed by atoms with van der Waals surface area (Å²) < 4.78 is 26.7. The molecular weight excluding hydrogens is 398 g/mol. The fourth-order valence-corrected chi connectivity index (χ4v) is 4.38. The molecule has 0 bridgehead atoms. The van der Waals surface area contributed by atoms with Gasteiger partial charge < -0.3 is 16.5 Å². The van der Waals surface area contributed by atoms with Crippen molar-refractivity contribution in [1.29, 1.82) is 5.41 Å². The van der Waals surface area contributed by atoms with Gasteiger partial charge in [0.1, 0.15) is 0 Å². The number of rotatable bonds is 4. The van der Waals surface area contributed by atoms with E-state index in [-0.39, 0.29) is 28.7 Å². The number of anilines is 1. The van der Waals surface area contributed by atoms with Crippen LogP contribution in [0.25, 0.3) is 11.3 Å². The normalized spacial score (nSPS) is 10.5. The molecule has 2 aromatic heterocycles. The van der Waals surface area contributed by atoms with Crippen LogP contribution in [-0.2, 0) is 10.0 Å². The number of hydrogen-bond donors (Lipinski definition) is 3. The van der Waals surface area contributed by atoms with Crippen LogP contribution in [0.2, 0.25) is 0 Å². The Kier molecular flexibility index (Phi) is 6.93. The third-order valence-corrected chi connectivity index (χ3v) is 5.85. The Morgan fingerprint density at radius 2 is 1.96 bits per heavy atom. The minimum Gasteiger partial charge on any atom is -0.412 e. The van der Waals surface area contributed by atoms with E-state index in [9.17, 15) is 8.42 Å². The summed E-state index contributed by atoms with van der Waals surface area (Å²) in [6, 6.07) is 10.0. The molecule has 0 amide bonds. The Morgan fingerprint density at radius 1 is 1.31 bits per heavy atom. The molecule has 3 aromatic rings. The number of nitrogens with two attached hydrogens (primary N) is 1. The van der Waals surface area contributed by atoms with Crippen LogP contribution in [0.3, 0.4) is 0 Å². The van der Waals surface area contributed by atoms with Gasteiger partial charge in [-0.2, -0.15) is 0 Å². The van der Waals surface area contributed by atoms with E-state index in [4.69, 9.17) is 11.1 Å². The molecule has 0 aliphatic rings. The second kappa shape index (κ2) is 8.32. The SMILES string of the molecule is Cc1cc(-c2csc(NC(=N)N)n2)cn1S(=O)(=O)c1ccccc1.Cl.O. The van der Waals surface area contributed by atoms with Crippen molar-refractivity contribution in [3.8, 4) is 11.3 Å². The van der Waals surface area contributed by atoms with Crippen molar-refractivity contribution in [3.05, 3.63) is 53.7 Å². The van der Waals surface area contributed by atoms with Gasteiger partial charge in [-0.25, -0.2) is 17.4 Å². The highest BCUT2D eigenvalue weighted by Crippen LogP contribution is 2.28. The van der Waals surface area contributed by atoms with Crippen molar-refractivity contribution in [1.82, 2.24) is 8.96 Å². The molecule has 0 unspecified atom stereocenters. The molecule has 0 saturated heterocycles. The van der Waals surface area contributed by atoms with Crippen LogP contribution in [0.15, 0.2) is 52.9 Å². The second-order valence-electron chi connectivity index (χ2n) is 5.06. The van der Waals surface area contributed by atoms with E-state index in [1.807, 2.05) is 0 Å². The van der Waals surface area contributed by atoms with Gasteiger partial charge in [0.15, 0.2) is 11.1 Å². The first kappa shape index (κ1) is 21.6. The minimum absolute atomic E-state index is 0. The fraction of sp³-hybridized carbons (Fsp3) is 0.0667. The largest absolute Gasteiger partial charge is 0.412 e. The lowest BCUT2D eigenvalue weighted by molar-refractivity contribution is 0.586. The summed E-state index contributed by atoms with van der Waals surface area (Å²) in [6.07, 6.45) is 1.55. The average Bonchev–Trinajstić information content (AvgIpc) is 3.14. The zero-order chi connectivity index (χ0) is 17.3. The van der Waals surface area contributed by atoms with Crippen molar-refractivity contribution in [2.75, 3.05) is 5.32 Å². The van der Waals surface area contributed by atoms with E-state index in [1.165, 1.54) is 15.3 Å². The van der Waals surface area contributed by atoms with Crippen LogP contribution in [0, 0.1) is 12.3 Å². The molecule has 0 aliphatic heterocycles. The molecule has 0 spiro atoms. The summed E-state index contributed by atoms with van der Waals surface area (Å²) in [7, 11) is -3.65. The number of aromatic nitrogens is 2. The number of thiazole rings is 1. The van der Waals surface area contributed by atoms with Crippen LogP contribution in [0.4, 0.5) is 5.13 Å². The van der Waals surface area contributed by atoms with Gasteiger partial charge in [0.2, 0.25) is 0 Å². The Hall–Kier alpha value is -2.40. The monoisotopic (exact) mass is 415 g/mol. The molecule has 0 radical (unpaired) electrons. The van der Waals surface area contributed by atoms with Gasteiger partial charge in [-0.1, -0.05) is 18.2 Å². The molecule has 11 heteroatoms. The molecule has 2 heterocycles. The zero-order valence-corrected chi connectivity index (χ0v) is 16.1. The smallest absolute Gasteiger partial charge is 0.267 e.